The van der Waals surface area contributed by atoms with Crippen LogP contribution in [0.15, 0.2) is 6.20 Å². The van der Waals surface area contributed by atoms with E-state index in [-0.39, 0.29) is 24.4 Å². The molecule has 0 amide bonds. The number of ether oxygens (including phenoxy) is 3. The van der Waals surface area contributed by atoms with E-state index in [4.69, 9.17) is 14.2 Å². The molecule has 2 fully saturated rings. The highest BCUT2D eigenvalue weighted by atomic mass is 16.8. The number of fused-ring (bicyclic) bond motifs is 1. The Hall–Kier alpha value is -0.980. The molecule has 3 rings (SSSR count). The molecule has 0 N–H and O–H groups in total. The van der Waals surface area contributed by atoms with E-state index < -0.39 is 5.79 Å². The van der Waals surface area contributed by atoms with E-state index in [1.807, 2.05) is 24.7 Å². The van der Waals surface area contributed by atoms with E-state index >= 15 is 0 Å². The monoisotopic (exact) mass is 295 g/mol. The zero-order valence-electron chi connectivity index (χ0n) is 13.3. The maximum Gasteiger partial charge on any atom is 0.164 e. The second kappa shape index (κ2) is 5.66. The molecular formula is C15H25N3O3. The Morgan fingerprint density at radius 1 is 1.19 bits per heavy atom. The van der Waals surface area contributed by atoms with Crippen molar-refractivity contribution < 1.29 is 14.2 Å². The normalized spacial score (nSPS) is 34.3. The van der Waals surface area contributed by atoms with Gasteiger partial charge >= 0.3 is 0 Å². The molecule has 6 nitrogen and oxygen atoms in total. The van der Waals surface area contributed by atoms with Crippen LogP contribution in [0.3, 0.4) is 0 Å². The summed E-state index contributed by atoms with van der Waals surface area (Å²) >= 11 is 0. The Morgan fingerprint density at radius 2 is 1.90 bits per heavy atom. The minimum atomic E-state index is -0.527. The standard InChI is InChI=1S/C15H25N3O3/c1-5-7-10-8-18(17-16-10)9-12-14-13(11(6-2)19-12)20-15(3,4)21-14/h8,11-14H,5-7,9H2,1-4H3. The van der Waals surface area contributed by atoms with Crippen LogP contribution in [0.1, 0.15) is 46.2 Å². The maximum atomic E-state index is 6.11. The molecule has 3 heterocycles. The van der Waals surface area contributed by atoms with E-state index in [9.17, 15) is 0 Å². The van der Waals surface area contributed by atoms with Crippen LogP contribution in [0.2, 0.25) is 0 Å². The van der Waals surface area contributed by atoms with E-state index in [1.54, 1.807) is 0 Å². The van der Waals surface area contributed by atoms with Crippen LogP contribution in [0, 0.1) is 0 Å². The van der Waals surface area contributed by atoms with Crippen LogP contribution in [0.5, 0.6) is 0 Å². The molecule has 4 atom stereocenters. The molecule has 1 aromatic rings. The Labute approximate surface area is 125 Å². The van der Waals surface area contributed by atoms with Gasteiger partial charge in [0.1, 0.15) is 18.3 Å². The lowest BCUT2D eigenvalue weighted by atomic mass is 10.1. The highest BCUT2D eigenvalue weighted by Gasteiger charge is 2.54. The Bertz CT molecular complexity index is 488. The summed E-state index contributed by atoms with van der Waals surface area (Å²) in [5.41, 5.74) is 1.03. The fourth-order valence-electron chi connectivity index (χ4n) is 3.23. The van der Waals surface area contributed by atoms with Crippen molar-refractivity contribution in [2.75, 3.05) is 0 Å². The highest BCUT2D eigenvalue weighted by Crippen LogP contribution is 2.39. The molecule has 21 heavy (non-hydrogen) atoms. The third kappa shape index (κ3) is 2.98. The SMILES string of the molecule is CCCc1cn(CC2OC(CC)C3OC(C)(C)OC23)nn1. The zero-order chi connectivity index (χ0) is 15.0. The molecule has 0 spiro atoms. The summed E-state index contributed by atoms with van der Waals surface area (Å²) in [6.45, 7) is 8.84. The van der Waals surface area contributed by atoms with Crippen molar-refractivity contribution >= 4 is 0 Å². The number of rotatable bonds is 5. The number of aryl methyl sites for hydroxylation is 1. The van der Waals surface area contributed by atoms with Gasteiger partial charge in [0.15, 0.2) is 5.79 Å². The summed E-state index contributed by atoms with van der Waals surface area (Å²) in [6.07, 6.45) is 5.03. The van der Waals surface area contributed by atoms with Crippen molar-refractivity contribution in [2.45, 2.75) is 83.7 Å². The Kier molecular flexibility index (Phi) is 4.03. The first-order valence-corrected chi connectivity index (χ1v) is 7.92. The lowest BCUT2D eigenvalue weighted by molar-refractivity contribution is -0.188. The van der Waals surface area contributed by atoms with Gasteiger partial charge in [-0.15, -0.1) is 5.10 Å². The van der Waals surface area contributed by atoms with Gasteiger partial charge in [-0.1, -0.05) is 25.5 Å². The topological polar surface area (TPSA) is 58.4 Å². The van der Waals surface area contributed by atoms with Crippen LogP contribution in [-0.4, -0.2) is 45.2 Å². The van der Waals surface area contributed by atoms with Crippen molar-refractivity contribution in [3.8, 4) is 0 Å². The molecule has 6 heteroatoms. The second-order valence-corrected chi connectivity index (χ2v) is 6.37. The molecule has 2 aliphatic rings. The molecule has 0 aromatic carbocycles. The molecule has 2 saturated heterocycles. The number of nitrogens with zero attached hydrogens (tertiary/aromatic N) is 3. The summed E-state index contributed by atoms with van der Waals surface area (Å²) in [7, 11) is 0. The molecule has 0 radical (unpaired) electrons. The van der Waals surface area contributed by atoms with E-state index in [0.717, 1.165) is 25.0 Å². The first-order valence-electron chi connectivity index (χ1n) is 7.92. The molecule has 0 saturated carbocycles. The lowest BCUT2D eigenvalue weighted by Crippen LogP contribution is -2.33. The summed E-state index contributed by atoms with van der Waals surface area (Å²) < 4.78 is 20.0. The highest BCUT2D eigenvalue weighted by molar-refractivity contribution is 4.99. The summed E-state index contributed by atoms with van der Waals surface area (Å²) in [5, 5.41) is 8.38. The quantitative estimate of drug-likeness (QED) is 0.830. The van der Waals surface area contributed by atoms with Crippen molar-refractivity contribution in [2.24, 2.45) is 0 Å². The molecular weight excluding hydrogens is 270 g/mol. The number of hydrogen-bond donors (Lipinski definition) is 0. The largest absolute Gasteiger partial charge is 0.367 e. The van der Waals surface area contributed by atoms with Crippen LogP contribution < -0.4 is 0 Å². The maximum absolute atomic E-state index is 6.11. The van der Waals surface area contributed by atoms with E-state index in [0.29, 0.717) is 6.54 Å². The first-order chi connectivity index (χ1) is 10.0. The van der Waals surface area contributed by atoms with Crippen molar-refractivity contribution in [1.82, 2.24) is 15.0 Å². The number of aromatic nitrogens is 3. The van der Waals surface area contributed by atoms with Gasteiger partial charge in [0.05, 0.1) is 18.3 Å². The third-order valence-electron chi connectivity index (χ3n) is 4.11. The lowest BCUT2D eigenvalue weighted by Gasteiger charge is -2.23. The van der Waals surface area contributed by atoms with Gasteiger partial charge in [-0.05, 0) is 26.7 Å². The Morgan fingerprint density at radius 3 is 2.57 bits per heavy atom. The smallest absolute Gasteiger partial charge is 0.164 e. The van der Waals surface area contributed by atoms with Gasteiger partial charge in [-0.3, -0.25) is 0 Å². The van der Waals surface area contributed by atoms with Crippen LogP contribution in [0.4, 0.5) is 0 Å². The van der Waals surface area contributed by atoms with Crippen molar-refractivity contribution in [3.05, 3.63) is 11.9 Å². The zero-order valence-corrected chi connectivity index (χ0v) is 13.3. The van der Waals surface area contributed by atoms with E-state index in [1.165, 1.54) is 0 Å². The van der Waals surface area contributed by atoms with Crippen molar-refractivity contribution in [3.63, 3.8) is 0 Å². The van der Waals surface area contributed by atoms with Gasteiger partial charge in [-0.25, -0.2) is 4.68 Å². The summed E-state index contributed by atoms with van der Waals surface area (Å²) in [5.74, 6) is -0.527. The fourth-order valence-corrected chi connectivity index (χ4v) is 3.23. The first kappa shape index (κ1) is 14.9. The van der Waals surface area contributed by atoms with Crippen molar-refractivity contribution in [1.29, 1.82) is 0 Å². The van der Waals surface area contributed by atoms with Gasteiger partial charge in [0, 0.05) is 6.20 Å². The molecule has 0 aliphatic carbocycles. The van der Waals surface area contributed by atoms with Crippen LogP contribution >= 0.6 is 0 Å². The number of hydrogen-bond acceptors (Lipinski definition) is 5. The summed E-state index contributed by atoms with van der Waals surface area (Å²) in [6, 6.07) is 0. The summed E-state index contributed by atoms with van der Waals surface area (Å²) in [4.78, 5) is 0. The predicted octanol–water partition coefficient (Wildman–Crippen LogP) is 1.93. The molecule has 2 aliphatic heterocycles. The average molecular weight is 295 g/mol. The Balaban J connectivity index is 1.70. The molecule has 0 bridgehead atoms. The van der Waals surface area contributed by atoms with Gasteiger partial charge < -0.3 is 14.2 Å². The fraction of sp³-hybridized carbons (Fsp3) is 0.867. The van der Waals surface area contributed by atoms with Crippen LogP contribution in [0.25, 0.3) is 0 Å². The van der Waals surface area contributed by atoms with Gasteiger partial charge in [0.25, 0.3) is 0 Å². The minimum absolute atomic E-state index is 0.0219. The molecule has 118 valence electrons. The minimum Gasteiger partial charge on any atom is -0.367 e. The van der Waals surface area contributed by atoms with E-state index in [2.05, 4.69) is 24.2 Å². The average Bonchev–Trinajstić information content (AvgIpc) is 3.06. The second-order valence-electron chi connectivity index (χ2n) is 6.37. The predicted molar refractivity (Wildman–Crippen MR) is 76.8 cm³/mol. The van der Waals surface area contributed by atoms with Crippen LogP contribution in [-0.2, 0) is 27.2 Å². The van der Waals surface area contributed by atoms with Gasteiger partial charge in [-0.2, -0.15) is 0 Å². The molecule has 4 unspecified atom stereocenters. The third-order valence-corrected chi connectivity index (χ3v) is 4.11. The van der Waals surface area contributed by atoms with Gasteiger partial charge in [0.2, 0.25) is 0 Å². The molecule has 1 aromatic heterocycles.